The van der Waals surface area contributed by atoms with E-state index in [-0.39, 0.29) is 22.9 Å². The van der Waals surface area contributed by atoms with Crippen molar-refractivity contribution in [3.8, 4) is 11.3 Å². The molecule has 1 aromatic carbocycles. The molecule has 0 atom stereocenters. The Morgan fingerprint density at radius 3 is 2.76 bits per heavy atom. The molecule has 148 valence electrons. The average molecular weight is 399 g/mol. The zero-order valence-corrected chi connectivity index (χ0v) is 15.2. The first-order valence-electron chi connectivity index (χ1n) is 10.5. The number of halogens is 2. The van der Waals surface area contributed by atoms with Gasteiger partial charge in [-0.05, 0) is 25.1 Å². The molecular weight excluding hydrogens is 378 g/mol. The van der Waals surface area contributed by atoms with Crippen molar-refractivity contribution in [3.63, 3.8) is 0 Å². The molecule has 29 heavy (non-hydrogen) atoms. The first-order valence-corrected chi connectivity index (χ1v) is 9.05. The van der Waals surface area contributed by atoms with Gasteiger partial charge < -0.3 is 15.0 Å². The van der Waals surface area contributed by atoms with Gasteiger partial charge >= 0.3 is 0 Å². The van der Waals surface area contributed by atoms with E-state index in [0.717, 1.165) is 12.1 Å². The highest BCUT2D eigenvalue weighted by atomic mass is 19.1. The lowest BCUT2D eigenvalue weighted by molar-refractivity contribution is 0.122. The van der Waals surface area contributed by atoms with Crippen molar-refractivity contribution in [1.29, 1.82) is 0 Å². The van der Waals surface area contributed by atoms with Crippen molar-refractivity contribution in [2.75, 3.05) is 36.5 Å². The van der Waals surface area contributed by atoms with Crippen LogP contribution in [-0.2, 0) is 4.74 Å². The molecule has 2 aromatic heterocycles. The Bertz CT molecular complexity index is 1200. The lowest BCUT2D eigenvalue weighted by atomic mass is 10.1. The van der Waals surface area contributed by atoms with Gasteiger partial charge in [0.05, 0.1) is 36.4 Å². The van der Waals surface area contributed by atoms with Gasteiger partial charge in [0.25, 0.3) is 0 Å². The summed E-state index contributed by atoms with van der Waals surface area (Å²) >= 11 is 0. The second-order valence-electron chi connectivity index (χ2n) is 6.67. The van der Waals surface area contributed by atoms with E-state index in [4.69, 9.17) is 8.85 Å². The number of aromatic amines is 1. The van der Waals surface area contributed by atoms with E-state index in [1.807, 2.05) is 4.90 Å². The fraction of sp³-hybridized carbons (Fsp3) is 0.250. The summed E-state index contributed by atoms with van der Waals surface area (Å²) in [5.74, 6) is -1.19. The topological polar surface area (TPSA) is 78.4 Å². The minimum atomic E-state index is -2.56. The van der Waals surface area contributed by atoms with Crippen LogP contribution in [0.5, 0.6) is 0 Å². The second-order valence-corrected chi connectivity index (χ2v) is 6.67. The van der Waals surface area contributed by atoms with Crippen LogP contribution in [-0.4, -0.2) is 47.3 Å². The molecular formula is C20H18F2N6O. The summed E-state index contributed by atoms with van der Waals surface area (Å²) in [6, 6.07) is 5.21. The fourth-order valence-electron chi connectivity index (χ4n) is 3.45. The normalized spacial score (nSPS) is 17.8. The Labute approximate surface area is 169 Å². The van der Waals surface area contributed by atoms with Crippen molar-refractivity contribution in [3.05, 3.63) is 53.4 Å². The molecule has 1 fully saturated rings. The number of pyridine rings is 1. The summed E-state index contributed by atoms with van der Waals surface area (Å²) in [5.41, 5.74) is 0.530. The number of rotatable bonds is 2. The minimum Gasteiger partial charge on any atom is -0.378 e. The number of anilines is 2. The number of hydrogen-bond donors (Lipinski definition) is 2. The number of ether oxygens (including phenoxy) is 1. The van der Waals surface area contributed by atoms with Gasteiger partial charge in [0.1, 0.15) is 34.7 Å². The summed E-state index contributed by atoms with van der Waals surface area (Å²) in [6.07, 6.45) is 1.52. The van der Waals surface area contributed by atoms with Crippen molar-refractivity contribution in [2.45, 2.75) is 6.85 Å². The van der Waals surface area contributed by atoms with Gasteiger partial charge in [-0.3, -0.25) is 5.10 Å². The maximum absolute atomic E-state index is 14.6. The predicted molar refractivity (Wildman–Crippen MR) is 106 cm³/mol. The molecule has 4 heterocycles. The van der Waals surface area contributed by atoms with Crippen LogP contribution in [0.15, 0.2) is 35.5 Å². The molecule has 7 nitrogen and oxygen atoms in total. The van der Waals surface area contributed by atoms with Crippen molar-refractivity contribution >= 4 is 23.0 Å². The SMILES string of the molecule is [2H]C([2H])([2H])c1[nH]nc2c1N=C(c1c(F)cccc1F)Nc1cnc(N3CCOCC3)cc1-2. The third-order valence-corrected chi connectivity index (χ3v) is 4.90. The molecule has 0 radical (unpaired) electrons. The number of morpholine rings is 1. The predicted octanol–water partition coefficient (Wildman–Crippen LogP) is 3.40. The number of nitrogens with zero attached hydrogens (tertiary/aromatic N) is 4. The number of benzene rings is 1. The number of fused-ring (bicyclic) bond motifs is 3. The molecule has 5 rings (SSSR count). The van der Waals surface area contributed by atoms with Crippen LogP contribution in [0.25, 0.3) is 11.3 Å². The smallest absolute Gasteiger partial charge is 0.144 e. The number of nitrogens with one attached hydrogen (secondary N) is 2. The van der Waals surface area contributed by atoms with Crippen LogP contribution in [0, 0.1) is 18.5 Å². The highest BCUT2D eigenvalue weighted by Gasteiger charge is 2.26. The lowest BCUT2D eigenvalue weighted by Crippen LogP contribution is -2.36. The van der Waals surface area contributed by atoms with E-state index >= 15 is 0 Å². The van der Waals surface area contributed by atoms with Gasteiger partial charge in [0, 0.05) is 22.8 Å². The Morgan fingerprint density at radius 1 is 1.21 bits per heavy atom. The van der Waals surface area contributed by atoms with Crippen molar-refractivity contribution in [2.24, 2.45) is 4.99 Å². The first kappa shape index (κ1) is 14.6. The van der Waals surface area contributed by atoms with Gasteiger partial charge in [-0.2, -0.15) is 5.10 Å². The van der Waals surface area contributed by atoms with Crippen molar-refractivity contribution in [1.82, 2.24) is 15.2 Å². The Hall–Kier alpha value is -3.33. The first-order chi connectivity index (χ1) is 15.3. The highest BCUT2D eigenvalue weighted by molar-refractivity contribution is 6.13. The third-order valence-electron chi connectivity index (χ3n) is 4.90. The molecule has 2 aliphatic rings. The van der Waals surface area contributed by atoms with Crippen LogP contribution in [0.2, 0.25) is 0 Å². The zero-order valence-electron chi connectivity index (χ0n) is 18.2. The number of amidine groups is 1. The molecule has 0 bridgehead atoms. The number of aromatic nitrogens is 3. The van der Waals surface area contributed by atoms with Crippen LogP contribution in [0.4, 0.5) is 26.0 Å². The van der Waals surface area contributed by atoms with E-state index in [9.17, 15) is 8.78 Å². The van der Waals surface area contributed by atoms with E-state index in [0.29, 0.717) is 43.4 Å². The monoisotopic (exact) mass is 399 g/mol. The number of H-pyrrole nitrogens is 1. The molecule has 9 heteroatoms. The molecule has 0 saturated carbocycles. The Balaban J connectivity index is 1.71. The maximum atomic E-state index is 14.6. The minimum absolute atomic E-state index is 0.00645. The fourth-order valence-corrected chi connectivity index (χ4v) is 3.45. The molecule has 1 saturated heterocycles. The molecule has 0 unspecified atom stereocenters. The van der Waals surface area contributed by atoms with Gasteiger partial charge in [0.15, 0.2) is 0 Å². The van der Waals surface area contributed by atoms with Crippen LogP contribution >= 0.6 is 0 Å². The zero-order chi connectivity index (χ0) is 22.5. The number of aliphatic imine (C=N–C) groups is 1. The Kier molecular flexibility index (Phi) is 3.50. The van der Waals surface area contributed by atoms with Gasteiger partial charge in [-0.15, -0.1) is 0 Å². The second kappa shape index (κ2) is 6.93. The van der Waals surface area contributed by atoms with E-state index < -0.39 is 24.0 Å². The molecule has 2 N–H and O–H groups in total. The van der Waals surface area contributed by atoms with Gasteiger partial charge in [-0.25, -0.2) is 18.8 Å². The summed E-state index contributed by atoms with van der Waals surface area (Å²) in [7, 11) is 0. The average Bonchev–Trinajstić information content (AvgIpc) is 3.12. The molecule has 2 aliphatic heterocycles. The molecule has 0 amide bonds. The summed E-state index contributed by atoms with van der Waals surface area (Å²) in [4.78, 5) is 10.8. The third kappa shape index (κ3) is 3.03. The molecule has 0 aliphatic carbocycles. The summed E-state index contributed by atoms with van der Waals surface area (Å²) in [6.45, 7) is -0.139. The molecule has 3 aromatic rings. The van der Waals surface area contributed by atoms with Gasteiger partial charge in [-0.1, -0.05) is 6.07 Å². The highest BCUT2D eigenvalue weighted by Crippen LogP contribution is 2.40. The van der Waals surface area contributed by atoms with E-state index in [1.165, 1.54) is 12.3 Å². The summed E-state index contributed by atoms with van der Waals surface area (Å²) < 4.78 is 58.0. The standard InChI is InChI=1S/C20H18F2N6O/c1-11-18-19(27-26-11)12-9-16(28-5-7-29-8-6-28)23-10-15(12)24-20(25-18)17-13(21)3-2-4-14(17)22/h2-4,9-10H,5-8H2,1H3,(H,24,25)(H,26,27)/i1D3. The maximum Gasteiger partial charge on any atom is 0.144 e. The number of hydrogen-bond acceptors (Lipinski definition) is 6. The van der Waals surface area contributed by atoms with Crippen LogP contribution < -0.4 is 10.2 Å². The largest absolute Gasteiger partial charge is 0.378 e. The van der Waals surface area contributed by atoms with Crippen LogP contribution in [0.3, 0.4) is 0 Å². The van der Waals surface area contributed by atoms with E-state index in [1.54, 1.807) is 6.07 Å². The Morgan fingerprint density at radius 2 is 2.00 bits per heavy atom. The quantitative estimate of drug-likeness (QED) is 0.691. The van der Waals surface area contributed by atoms with E-state index in [2.05, 4.69) is 25.5 Å². The number of aryl methyl sites for hydroxylation is 1. The summed E-state index contributed by atoms with van der Waals surface area (Å²) in [5, 5.41) is 9.66. The van der Waals surface area contributed by atoms with Crippen LogP contribution in [0.1, 0.15) is 15.4 Å². The molecule has 0 spiro atoms. The van der Waals surface area contributed by atoms with Gasteiger partial charge in [0.2, 0.25) is 0 Å². The van der Waals surface area contributed by atoms with Crippen molar-refractivity contribution < 1.29 is 17.6 Å². The lowest BCUT2D eigenvalue weighted by Gasteiger charge is -2.28.